The molecule has 58 heavy (non-hydrogen) atoms. The van der Waals surface area contributed by atoms with Crippen molar-refractivity contribution in [1.82, 2.24) is 19.9 Å². The first-order valence-corrected chi connectivity index (χ1v) is 20.4. The second-order valence-corrected chi connectivity index (χ2v) is 18.1. The van der Waals surface area contributed by atoms with Gasteiger partial charge in [-0.15, -0.1) is 11.3 Å². The van der Waals surface area contributed by atoms with Gasteiger partial charge in [-0.1, -0.05) is 18.7 Å². The van der Waals surface area contributed by atoms with Gasteiger partial charge in [0.1, 0.15) is 46.4 Å². The van der Waals surface area contributed by atoms with Gasteiger partial charge in [-0.25, -0.2) is 27.8 Å². The van der Waals surface area contributed by atoms with Gasteiger partial charge in [-0.3, -0.25) is 15.2 Å². The zero-order valence-corrected chi connectivity index (χ0v) is 34.5. The number of anilines is 2. The Hall–Kier alpha value is -5.14. The third-order valence-corrected chi connectivity index (χ3v) is 11.7. The molecule has 5 heterocycles. The molecular formula is C42H48F3N7O5S. The summed E-state index contributed by atoms with van der Waals surface area (Å²) in [5.41, 5.74) is -2.06. The number of amides is 2. The maximum absolute atomic E-state index is 17.7. The van der Waals surface area contributed by atoms with E-state index in [-0.39, 0.29) is 66.7 Å². The van der Waals surface area contributed by atoms with Crippen molar-refractivity contribution in [3.63, 3.8) is 0 Å². The average Bonchev–Trinajstić information content (AvgIpc) is 3.72. The van der Waals surface area contributed by atoms with Gasteiger partial charge >= 0.3 is 18.2 Å². The van der Waals surface area contributed by atoms with Crippen LogP contribution in [0.4, 0.5) is 33.6 Å². The Balaban J connectivity index is 1.42. The molecule has 0 saturated carbocycles. The summed E-state index contributed by atoms with van der Waals surface area (Å²) >= 11 is 0.829. The monoisotopic (exact) mass is 819 g/mol. The van der Waals surface area contributed by atoms with Gasteiger partial charge in [-0.05, 0) is 103 Å². The predicted octanol–water partition coefficient (Wildman–Crippen LogP) is 9.75. The summed E-state index contributed by atoms with van der Waals surface area (Å²) in [7, 11) is 0. The molecule has 0 bridgehead atoms. The van der Waals surface area contributed by atoms with Crippen molar-refractivity contribution in [1.29, 1.82) is 5.26 Å². The molecule has 2 atom stereocenters. The van der Waals surface area contributed by atoms with Crippen LogP contribution in [0.1, 0.15) is 91.2 Å². The molecule has 1 N–H and O–H groups in total. The lowest BCUT2D eigenvalue weighted by Crippen LogP contribution is -2.49. The van der Waals surface area contributed by atoms with E-state index in [2.05, 4.69) is 27.8 Å². The predicted molar refractivity (Wildman–Crippen MR) is 218 cm³/mol. The van der Waals surface area contributed by atoms with Crippen molar-refractivity contribution in [3.05, 3.63) is 47.5 Å². The van der Waals surface area contributed by atoms with Crippen molar-refractivity contribution >= 4 is 61.4 Å². The molecule has 4 aromatic rings. The molecule has 2 aromatic heterocycles. The zero-order chi connectivity index (χ0) is 41.7. The van der Waals surface area contributed by atoms with Crippen molar-refractivity contribution in [2.75, 3.05) is 43.1 Å². The summed E-state index contributed by atoms with van der Waals surface area (Å²) in [5, 5.41) is 16.5. The number of aromatic nitrogens is 2. The molecule has 16 heteroatoms. The molecule has 7 rings (SSSR count). The topological polar surface area (TPSA) is 133 Å². The number of thiophene rings is 1. The maximum atomic E-state index is 17.7. The van der Waals surface area contributed by atoms with E-state index in [0.29, 0.717) is 38.9 Å². The molecule has 0 spiro atoms. The number of nitrogens with zero attached hydrogens (tertiary/aromatic N) is 6. The summed E-state index contributed by atoms with van der Waals surface area (Å²) in [5.74, 6) is -1.32. The fourth-order valence-corrected chi connectivity index (χ4v) is 9.26. The third kappa shape index (κ3) is 7.98. The van der Waals surface area contributed by atoms with Crippen LogP contribution in [0, 0.1) is 23.0 Å². The molecule has 3 aliphatic rings. The highest BCUT2D eigenvalue weighted by Gasteiger charge is 2.49. The minimum atomic E-state index is -1.00. The number of hydrogen-bond donors (Lipinski definition) is 1. The Morgan fingerprint density at radius 2 is 1.81 bits per heavy atom. The van der Waals surface area contributed by atoms with E-state index in [0.717, 1.165) is 37.1 Å². The fourth-order valence-electron chi connectivity index (χ4n) is 8.19. The van der Waals surface area contributed by atoms with E-state index in [1.807, 2.05) is 0 Å². The van der Waals surface area contributed by atoms with E-state index >= 15 is 8.78 Å². The van der Waals surface area contributed by atoms with Gasteiger partial charge in [0, 0.05) is 42.4 Å². The number of hydrazine groups is 1. The number of carbonyl (C=O) groups is 2. The van der Waals surface area contributed by atoms with Crippen LogP contribution < -0.4 is 15.1 Å². The Morgan fingerprint density at radius 1 is 1.07 bits per heavy atom. The van der Waals surface area contributed by atoms with Crippen LogP contribution in [-0.4, -0.2) is 87.8 Å². The van der Waals surface area contributed by atoms with Crippen LogP contribution in [0.25, 0.3) is 38.2 Å². The summed E-state index contributed by atoms with van der Waals surface area (Å²) in [6, 6.07) is 6.10. The van der Waals surface area contributed by atoms with Crippen LogP contribution in [0.15, 0.2) is 24.8 Å². The highest BCUT2D eigenvalue weighted by Crippen LogP contribution is 2.46. The molecule has 0 aliphatic carbocycles. The van der Waals surface area contributed by atoms with E-state index in [1.165, 1.54) is 23.2 Å². The number of nitriles is 1. The van der Waals surface area contributed by atoms with Crippen molar-refractivity contribution in [2.24, 2.45) is 0 Å². The van der Waals surface area contributed by atoms with Crippen LogP contribution in [0.2, 0.25) is 0 Å². The lowest BCUT2D eigenvalue weighted by Gasteiger charge is -2.36. The van der Waals surface area contributed by atoms with Crippen molar-refractivity contribution < 1.29 is 37.0 Å². The van der Waals surface area contributed by atoms with E-state index in [9.17, 15) is 19.2 Å². The summed E-state index contributed by atoms with van der Waals surface area (Å²) in [6.45, 7) is 16.1. The highest BCUT2D eigenvalue weighted by atomic mass is 32.1. The van der Waals surface area contributed by atoms with Gasteiger partial charge in [0.05, 0.1) is 15.8 Å². The highest BCUT2D eigenvalue weighted by molar-refractivity contribution is 7.23. The largest absolute Gasteiger partial charge is 0.461 e. The first-order chi connectivity index (χ1) is 27.4. The molecule has 0 radical (unpaired) electrons. The number of benzene rings is 2. The second kappa shape index (κ2) is 15.6. The SMILES string of the molecule is C=Cc1cc2c(N3CCCCCN3C(=O)OC(C)(C)C)nc(OC[C@@]34CCCN3C[C@H](F)C4)nc2c(F)c1-c1ccc(F)c2sc(NC(=O)OC(C)(C)C)c(C#N)c12. The molecule has 3 saturated heterocycles. The number of fused-ring (bicyclic) bond motifs is 3. The van der Waals surface area contributed by atoms with E-state index in [1.54, 1.807) is 52.6 Å². The van der Waals surface area contributed by atoms with Crippen LogP contribution in [0.5, 0.6) is 6.01 Å². The Labute approximate surface area is 339 Å². The molecule has 3 aliphatic heterocycles. The van der Waals surface area contributed by atoms with Gasteiger partial charge in [-0.2, -0.15) is 15.2 Å². The number of nitrogens with one attached hydrogen (secondary N) is 1. The lowest BCUT2D eigenvalue weighted by molar-refractivity contribution is 0.0231. The smallest absolute Gasteiger partial charge is 0.429 e. The summed E-state index contributed by atoms with van der Waals surface area (Å²) in [4.78, 5) is 38.1. The third-order valence-electron chi connectivity index (χ3n) is 10.5. The number of hydrogen-bond acceptors (Lipinski definition) is 11. The van der Waals surface area contributed by atoms with Crippen LogP contribution in [0.3, 0.4) is 0 Å². The standard InChI is InChI=1S/C42H48F3N7O5S/c1-8-24-19-27-33(32(45)30(24)26-13-14-29(44)34-31(26)28(21-46)36(58-34)49-38(53)56-40(2,3)4)47-37(55-23-42-15-12-16-50(42)22-25(43)20-42)48-35(27)51-17-10-9-11-18-52(51)39(54)57-41(5,6)7/h8,13-14,19,25H,1,9-12,15-18,20,22-23H2,2-7H3,(H,49,53)/t25-,42+/m1/s1. The quantitative estimate of drug-likeness (QED) is 0.192. The number of carbonyl (C=O) groups excluding carboxylic acids is 2. The molecule has 2 aromatic carbocycles. The first kappa shape index (κ1) is 41.0. The molecule has 12 nitrogen and oxygen atoms in total. The number of halogens is 3. The number of rotatable bonds is 7. The summed E-state index contributed by atoms with van der Waals surface area (Å²) in [6.07, 6.45) is 3.09. The minimum absolute atomic E-state index is 0.0164. The molecule has 0 unspecified atom stereocenters. The minimum Gasteiger partial charge on any atom is -0.461 e. The lowest BCUT2D eigenvalue weighted by atomic mass is 9.93. The van der Waals surface area contributed by atoms with Crippen molar-refractivity contribution in [3.8, 4) is 23.2 Å². The maximum Gasteiger partial charge on any atom is 0.429 e. The van der Waals surface area contributed by atoms with Gasteiger partial charge in [0.15, 0.2) is 11.6 Å². The first-order valence-electron chi connectivity index (χ1n) is 19.5. The van der Waals surface area contributed by atoms with E-state index < -0.39 is 46.7 Å². The van der Waals surface area contributed by atoms with Crippen molar-refractivity contribution in [2.45, 2.75) is 103 Å². The van der Waals surface area contributed by atoms with Gasteiger partial charge in [0.25, 0.3) is 0 Å². The van der Waals surface area contributed by atoms with Gasteiger partial charge < -0.3 is 14.2 Å². The van der Waals surface area contributed by atoms with Crippen LogP contribution in [-0.2, 0) is 9.47 Å². The average molecular weight is 820 g/mol. The van der Waals surface area contributed by atoms with Crippen LogP contribution >= 0.6 is 11.3 Å². The Kier molecular flexibility index (Phi) is 11.0. The Bertz CT molecular complexity index is 2330. The molecule has 2 amide bonds. The molecule has 3 fully saturated rings. The van der Waals surface area contributed by atoms with Gasteiger partial charge in [0.2, 0.25) is 0 Å². The fraction of sp³-hybridized carbons (Fsp3) is 0.500. The second-order valence-electron chi connectivity index (χ2n) is 17.1. The number of alkyl halides is 1. The molecular weight excluding hydrogens is 772 g/mol. The normalized spacial score (nSPS) is 20.2. The number of ether oxygens (including phenoxy) is 3. The summed E-state index contributed by atoms with van der Waals surface area (Å²) < 4.78 is 65.6. The molecule has 308 valence electrons. The Morgan fingerprint density at radius 3 is 2.52 bits per heavy atom. The zero-order valence-electron chi connectivity index (χ0n) is 33.6. The van der Waals surface area contributed by atoms with E-state index in [4.69, 9.17) is 19.2 Å².